The minimum Gasteiger partial charge on any atom is -0.306 e. The first kappa shape index (κ1) is 14.3. The third-order valence-corrected chi connectivity index (χ3v) is 4.32. The van der Waals surface area contributed by atoms with E-state index in [1.807, 2.05) is 0 Å². The molecule has 0 amide bonds. The molecule has 3 rings (SSSR count). The highest BCUT2D eigenvalue weighted by Gasteiger charge is 2.05. The molecule has 0 aliphatic heterocycles. The van der Waals surface area contributed by atoms with Crippen LogP contribution in [0.15, 0.2) is 71.2 Å². The van der Waals surface area contributed by atoms with Crippen molar-refractivity contribution in [2.45, 2.75) is 19.5 Å². The molecule has 3 aromatic rings. The van der Waals surface area contributed by atoms with E-state index >= 15 is 0 Å². The zero-order valence-electron chi connectivity index (χ0n) is 12.0. The van der Waals surface area contributed by atoms with E-state index in [9.17, 15) is 0 Å². The third-order valence-electron chi connectivity index (χ3n) is 3.80. The van der Waals surface area contributed by atoms with E-state index in [1.54, 1.807) is 0 Å². The lowest BCUT2D eigenvalue weighted by Gasteiger charge is -2.14. The van der Waals surface area contributed by atoms with Crippen molar-refractivity contribution in [1.29, 1.82) is 0 Å². The fourth-order valence-corrected chi connectivity index (χ4v) is 2.75. The molecule has 2 heteroatoms. The molecule has 106 valence electrons. The Bertz CT molecular complexity index is 734. The van der Waals surface area contributed by atoms with E-state index in [1.165, 1.54) is 21.9 Å². The lowest BCUT2D eigenvalue weighted by molar-refractivity contribution is 0.575. The van der Waals surface area contributed by atoms with E-state index in [0.717, 1.165) is 11.0 Å². The highest BCUT2D eigenvalue weighted by atomic mass is 79.9. The van der Waals surface area contributed by atoms with Gasteiger partial charge >= 0.3 is 0 Å². The minimum atomic E-state index is 0.338. The lowest BCUT2D eigenvalue weighted by atomic mass is 10.1. The average Bonchev–Trinajstić information content (AvgIpc) is 2.53. The molecule has 0 aliphatic rings. The molecule has 0 saturated carbocycles. The summed E-state index contributed by atoms with van der Waals surface area (Å²) in [5.41, 5.74) is 2.62. The van der Waals surface area contributed by atoms with Gasteiger partial charge in [-0.25, -0.2) is 0 Å². The van der Waals surface area contributed by atoms with Crippen LogP contribution in [-0.2, 0) is 6.54 Å². The number of benzene rings is 3. The summed E-state index contributed by atoms with van der Waals surface area (Å²) in [6.07, 6.45) is 0. The van der Waals surface area contributed by atoms with Crippen molar-refractivity contribution in [2.75, 3.05) is 0 Å². The second-order valence-corrected chi connectivity index (χ2v) is 6.25. The molecule has 1 atom stereocenters. The van der Waals surface area contributed by atoms with E-state index in [0.29, 0.717) is 6.04 Å². The Hall–Kier alpha value is -1.64. The molecule has 1 N–H and O–H groups in total. The molecule has 21 heavy (non-hydrogen) atoms. The number of fused-ring (bicyclic) bond motifs is 1. The van der Waals surface area contributed by atoms with Crippen LogP contribution in [0.5, 0.6) is 0 Å². The predicted molar refractivity (Wildman–Crippen MR) is 93.3 cm³/mol. The fraction of sp³-hybridized carbons (Fsp3) is 0.158. The van der Waals surface area contributed by atoms with Crippen LogP contribution in [0.4, 0.5) is 0 Å². The van der Waals surface area contributed by atoms with Crippen molar-refractivity contribution in [3.05, 3.63) is 82.3 Å². The maximum absolute atomic E-state index is 3.58. The molecule has 1 unspecified atom stereocenters. The summed E-state index contributed by atoms with van der Waals surface area (Å²) in [5.74, 6) is 0. The van der Waals surface area contributed by atoms with Gasteiger partial charge in [0.15, 0.2) is 0 Å². The molecule has 1 nitrogen and oxygen atoms in total. The first-order valence-electron chi connectivity index (χ1n) is 7.19. The molecule has 0 fully saturated rings. The molecular formula is C19H18BrN. The van der Waals surface area contributed by atoms with Crippen molar-refractivity contribution >= 4 is 26.7 Å². The topological polar surface area (TPSA) is 12.0 Å². The summed E-state index contributed by atoms with van der Waals surface area (Å²) in [5, 5.41) is 6.18. The molecule has 0 saturated heterocycles. The van der Waals surface area contributed by atoms with Gasteiger partial charge < -0.3 is 5.32 Å². The van der Waals surface area contributed by atoms with Gasteiger partial charge in [-0.3, -0.25) is 0 Å². The molecule has 0 bridgehead atoms. The van der Waals surface area contributed by atoms with Crippen molar-refractivity contribution < 1.29 is 0 Å². The summed E-state index contributed by atoms with van der Waals surface area (Å²) >= 11 is 3.47. The predicted octanol–water partition coefficient (Wildman–Crippen LogP) is 5.45. The minimum absolute atomic E-state index is 0.338. The molecular weight excluding hydrogens is 322 g/mol. The Kier molecular flexibility index (Phi) is 4.37. The monoisotopic (exact) mass is 339 g/mol. The highest BCUT2D eigenvalue weighted by Crippen LogP contribution is 2.19. The van der Waals surface area contributed by atoms with Crippen LogP contribution in [0.25, 0.3) is 10.8 Å². The number of hydrogen-bond acceptors (Lipinski definition) is 1. The maximum atomic E-state index is 3.58. The highest BCUT2D eigenvalue weighted by molar-refractivity contribution is 9.10. The normalized spacial score (nSPS) is 12.5. The number of rotatable bonds is 4. The first-order valence-corrected chi connectivity index (χ1v) is 7.98. The van der Waals surface area contributed by atoms with Gasteiger partial charge in [0.2, 0.25) is 0 Å². The molecule has 0 spiro atoms. The maximum Gasteiger partial charge on any atom is 0.0294 e. The zero-order chi connectivity index (χ0) is 14.7. The van der Waals surface area contributed by atoms with E-state index in [-0.39, 0.29) is 0 Å². The quantitative estimate of drug-likeness (QED) is 0.666. The Morgan fingerprint density at radius 2 is 1.62 bits per heavy atom. The molecule has 0 aromatic heterocycles. The first-order chi connectivity index (χ1) is 10.2. The summed E-state index contributed by atoms with van der Waals surface area (Å²) in [7, 11) is 0. The van der Waals surface area contributed by atoms with Crippen LogP contribution in [0.1, 0.15) is 24.1 Å². The number of hydrogen-bond donors (Lipinski definition) is 1. The smallest absolute Gasteiger partial charge is 0.0294 e. The zero-order valence-corrected chi connectivity index (χ0v) is 13.6. The Balaban J connectivity index is 1.69. The summed E-state index contributed by atoms with van der Waals surface area (Å²) in [6, 6.07) is 24.0. The van der Waals surface area contributed by atoms with Crippen LogP contribution in [0.3, 0.4) is 0 Å². The van der Waals surface area contributed by atoms with Gasteiger partial charge in [-0.2, -0.15) is 0 Å². The van der Waals surface area contributed by atoms with Gasteiger partial charge in [0.05, 0.1) is 0 Å². The number of nitrogens with one attached hydrogen (secondary N) is 1. The van der Waals surface area contributed by atoms with Gasteiger partial charge in [0.25, 0.3) is 0 Å². The summed E-state index contributed by atoms with van der Waals surface area (Å²) in [4.78, 5) is 0. The van der Waals surface area contributed by atoms with Gasteiger partial charge in [0.1, 0.15) is 0 Å². The Labute approximate surface area is 134 Å². The molecule has 0 radical (unpaired) electrons. The number of halogens is 1. The van der Waals surface area contributed by atoms with Crippen molar-refractivity contribution in [2.24, 2.45) is 0 Å². The van der Waals surface area contributed by atoms with Crippen LogP contribution < -0.4 is 5.32 Å². The third kappa shape index (κ3) is 3.52. The lowest BCUT2D eigenvalue weighted by Crippen LogP contribution is -2.17. The van der Waals surface area contributed by atoms with Gasteiger partial charge in [-0.05, 0) is 47.0 Å². The summed E-state index contributed by atoms with van der Waals surface area (Å²) < 4.78 is 1.12. The fourth-order valence-electron chi connectivity index (χ4n) is 2.49. The standard InChI is InChI=1S/C19H18BrN/c1-14(16-8-10-19(20)11-9-16)21-13-15-6-7-17-4-2-3-5-18(17)12-15/h2-12,14,21H,13H2,1H3. The molecule has 0 aliphatic carbocycles. The van der Waals surface area contributed by atoms with Crippen molar-refractivity contribution in [3.8, 4) is 0 Å². The van der Waals surface area contributed by atoms with E-state index in [4.69, 9.17) is 0 Å². The molecule has 0 heterocycles. The van der Waals surface area contributed by atoms with Crippen molar-refractivity contribution in [1.82, 2.24) is 5.32 Å². The van der Waals surface area contributed by atoms with Crippen LogP contribution in [-0.4, -0.2) is 0 Å². The van der Waals surface area contributed by atoms with E-state index in [2.05, 4.69) is 94.9 Å². The van der Waals surface area contributed by atoms with Gasteiger partial charge in [0, 0.05) is 17.1 Å². The average molecular weight is 340 g/mol. The van der Waals surface area contributed by atoms with Crippen LogP contribution in [0, 0.1) is 0 Å². The van der Waals surface area contributed by atoms with Crippen LogP contribution >= 0.6 is 15.9 Å². The van der Waals surface area contributed by atoms with Crippen molar-refractivity contribution in [3.63, 3.8) is 0 Å². The van der Waals surface area contributed by atoms with Gasteiger partial charge in [-0.15, -0.1) is 0 Å². The van der Waals surface area contributed by atoms with Crippen LogP contribution in [0.2, 0.25) is 0 Å². The second-order valence-electron chi connectivity index (χ2n) is 5.34. The van der Waals surface area contributed by atoms with Gasteiger partial charge in [-0.1, -0.05) is 64.5 Å². The molecule has 3 aromatic carbocycles. The Morgan fingerprint density at radius 1 is 0.905 bits per heavy atom. The summed E-state index contributed by atoms with van der Waals surface area (Å²) in [6.45, 7) is 3.08. The second kappa shape index (κ2) is 6.42. The SMILES string of the molecule is CC(NCc1ccc2ccccc2c1)c1ccc(Br)cc1. The largest absolute Gasteiger partial charge is 0.306 e. The van der Waals surface area contributed by atoms with E-state index < -0.39 is 0 Å². The Morgan fingerprint density at radius 3 is 2.38 bits per heavy atom.